The molecule has 0 saturated carbocycles. The zero-order valence-electron chi connectivity index (χ0n) is 53.5. The van der Waals surface area contributed by atoms with Crippen molar-refractivity contribution in [3.63, 3.8) is 0 Å². The molecule has 92 heavy (non-hydrogen) atoms. The number of pyridine rings is 4. The van der Waals surface area contributed by atoms with Gasteiger partial charge in [0.1, 0.15) is 63.8 Å². The van der Waals surface area contributed by atoms with Gasteiger partial charge < -0.3 is 39.1 Å². The number of carbonyl (C=O) groups excluding carboxylic acids is 3. The second-order valence-electron chi connectivity index (χ2n) is 25.8. The van der Waals surface area contributed by atoms with Gasteiger partial charge in [-0.25, -0.2) is 31.1 Å². The number of hydrogen-bond donors (Lipinski definition) is 1. The van der Waals surface area contributed by atoms with Crippen LogP contribution in [0.1, 0.15) is 110 Å². The highest BCUT2D eigenvalue weighted by Gasteiger charge is 2.49. The molecule has 8 aromatic rings. The van der Waals surface area contributed by atoms with Gasteiger partial charge in [0, 0.05) is 56.4 Å². The number of ether oxygens (including phenoxy) is 2. The maximum absolute atomic E-state index is 17.5. The number of likely N-dealkylation sites (N-methyl/N-ethyl adjacent to an activating group) is 2. The Balaban J connectivity index is 0.000000191. The third-order valence-electron chi connectivity index (χ3n) is 17.8. The van der Waals surface area contributed by atoms with Crippen LogP contribution in [-0.4, -0.2) is 112 Å². The Bertz CT molecular complexity index is 4530. The Labute approximate surface area is 527 Å². The van der Waals surface area contributed by atoms with Crippen molar-refractivity contribution < 1.29 is 55.3 Å². The summed E-state index contributed by atoms with van der Waals surface area (Å²) < 4.78 is 111. The van der Waals surface area contributed by atoms with E-state index in [2.05, 4.69) is 9.97 Å². The van der Waals surface area contributed by atoms with Gasteiger partial charge in [0.25, 0.3) is 17.0 Å². The van der Waals surface area contributed by atoms with Gasteiger partial charge in [-0.1, -0.05) is 46.8 Å². The van der Waals surface area contributed by atoms with Gasteiger partial charge in [0.2, 0.25) is 5.91 Å². The van der Waals surface area contributed by atoms with Crippen molar-refractivity contribution in [3.8, 4) is 45.1 Å². The van der Waals surface area contributed by atoms with Gasteiger partial charge in [-0.3, -0.25) is 38.3 Å². The van der Waals surface area contributed by atoms with Gasteiger partial charge in [-0.15, -0.1) is 0 Å². The number of hydrogen-bond acceptors (Lipinski definition) is 12. The van der Waals surface area contributed by atoms with Crippen LogP contribution in [0.25, 0.3) is 55.4 Å². The van der Waals surface area contributed by atoms with E-state index in [-0.39, 0.29) is 92.7 Å². The summed E-state index contributed by atoms with van der Waals surface area (Å²) in [7, 11) is 4.20. The molecule has 0 aliphatic carbocycles. The molecule has 2 fully saturated rings. The Hall–Kier alpha value is -9.41. The highest BCUT2D eigenvalue weighted by molar-refractivity contribution is 6.14. The van der Waals surface area contributed by atoms with Gasteiger partial charge in [-0.05, 0) is 132 Å². The van der Waals surface area contributed by atoms with E-state index in [0.717, 1.165) is 45.9 Å². The number of aryl methyl sites for hydroxylation is 2. The molecule has 17 nitrogen and oxygen atoms in total. The number of aromatic nitrogens is 4. The number of rotatable bonds is 7. The van der Waals surface area contributed by atoms with E-state index in [4.69, 9.17) is 9.47 Å². The van der Waals surface area contributed by atoms with Crippen LogP contribution in [0.2, 0.25) is 0 Å². The molecule has 482 valence electrons. The number of benzene rings is 4. The van der Waals surface area contributed by atoms with Crippen LogP contribution in [0, 0.1) is 54.7 Å². The van der Waals surface area contributed by atoms with Crippen LogP contribution >= 0.6 is 0 Å². The van der Waals surface area contributed by atoms with Gasteiger partial charge in [0.05, 0.1) is 81.1 Å². The van der Waals surface area contributed by atoms with Crippen molar-refractivity contribution >= 4 is 62.5 Å². The first-order valence-electron chi connectivity index (χ1n) is 30.4. The van der Waals surface area contributed by atoms with Crippen molar-refractivity contribution in [2.45, 2.75) is 125 Å². The number of carbonyl (C=O) groups is 3. The molecule has 4 aliphatic heterocycles. The zero-order valence-corrected chi connectivity index (χ0v) is 53.5. The first kappa shape index (κ1) is 64.1. The minimum absolute atomic E-state index is 0.0103. The number of phenols is 1. The molecule has 12 rings (SSSR count). The minimum Gasteiger partial charge on any atom is -0.507 e. The van der Waals surface area contributed by atoms with E-state index in [1.165, 1.54) is 54.1 Å². The second-order valence-corrected chi connectivity index (χ2v) is 25.8. The number of methoxy groups -OCH3 is 1. The molecule has 3 amide bonds. The number of nitrogens with zero attached hydrogens (tertiary/aromatic N) is 9. The van der Waals surface area contributed by atoms with E-state index in [0.29, 0.717) is 41.2 Å². The molecule has 0 unspecified atom stereocenters. The Morgan fingerprint density at radius 3 is 1.54 bits per heavy atom. The maximum atomic E-state index is 17.5. The molecule has 0 spiro atoms. The second kappa shape index (κ2) is 23.7. The zero-order chi connectivity index (χ0) is 66.8. The highest BCUT2D eigenvalue weighted by Crippen LogP contribution is 2.50. The number of anilines is 4. The summed E-state index contributed by atoms with van der Waals surface area (Å²) in [4.78, 5) is 86.8. The number of piperazine rings is 1. The van der Waals surface area contributed by atoms with Crippen LogP contribution < -0.4 is 35.5 Å². The number of phenolic OH excluding ortho intramolecular Hbond substituents is 1. The lowest BCUT2D eigenvalue weighted by atomic mass is 9.89. The third kappa shape index (κ3) is 10.3. The molecule has 1 N–H and O–H groups in total. The van der Waals surface area contributed by atoms with E-state index in [9.17, 15) is 29.1 Å². The molecule has 4 atom stereocenters. The number of halogens is 6. The van der Waals surface area contributed by atoms with E-state index in [1.54, 1.807) is 75.9 Å². The maximum Gasteiger partial charge on any atom is 0.410 e. The smallest absolute Gasteiger partial charge is 0.410 e. The molecule has 4 aromatic carbocycles. The normalized spacial score (nSPS) is 18.1. The summed E-state index contributed by atoms with van der Waals surface area (Å²) in [6.45, 7) is 20.4. The average Bonchev–Trinajstić information content (AvgIpc) is 0.708. The van der Waals surface area contributed by atoms with Crippen molar-refractivity contribution in [3.05, 3.63) is 151 Å². The first-order valence-corrected chi connectivity index (χ1v) is 30.4. The molecular weight excluding hydrogens is 1200 g/mol. The first-order chi connectivity index (χ1) is 43.4. The monoisotopic (exact) mass is 1270 g/mol. The summed E-state index contributed by atoms with van der Waals surface area (Å²) in [6, 6.07) is 10.6. The average molecular weight is 1270 g/mol. The Kier molecular flexibility index (Phi) is 16.5. The largest absolute Gasteiger partial charge is 0.507 e. The van der Waals surface area contributed by atoms with Crippen LogP contribution in [0.5, 0.6) is 11.5 Å². The quantitative estimate of drug-likeness (QED) is 0.150. The number of aromatic hydroxyl groups is 1. The fourth-order valence-corrected chi connectivity index (χ4v) is 13.5. The minimum atomic E-state index is -1.20. The molecule has 0 bridgehead atoms. The van der Waals surface area contributed by atoms with Crippen molar-refractivity contribution in [2.75, 3.05) is 60.4 Å². The predicted octanol–water partition coefficient (Wildman–Crippen LogP) is 12.9. The molecule has 4 aromatic heterocycles. The highest BCUT2D eigenvalue weighted by atomic mass is 19.2. The molecular formula is C69H71F6N9O8. The SMILES string of the molecule is COc1cccc(F)c1-c1c(F)cc2c3c(c(=O)n(-c4c(C)ccnc4C(C)C)c2c1F)N(C)C(=O)[C@H]1CN(C(=O)OC(C)(C)C)[C@H](C)CN31.Cc1ccnc(C(C)C)c1-n1c(=O)c2c(c3cc(F)c(-c4c(O)cccc4F)c(F)c31)N1C[C@@H](C)CC[C@@H]1C(=O)N2C. The van der Waals surface area contributed by atoms with Crippen LogP contribution in [-0.2, 0) is 14.3 Å². The Morgan fingerprint density at radius 2 is 1.07 bits per heavy atom. The topological polar surface area (TPSA) is 176 Å². The molecule has 8 heterocycles. The van der Waals surface area contributed by atoms with Gasteiger partial charge >= 0.3 is 6.09 Å². The third-order valence-corrected chi connectivity index (χ3v) is 17.8. The summed E-state index contributed by atoms with van der Waals surface area (Å²) in [5.74, 6) is -8.31. The van der Waals surface area contributed by atoms with Crippen molar-refractivity contribution in [1.82, 2.24) is 24.0 Å². The van der Waals surface area contributed by atoms with Crippen molar-refractivity contribution in [2.24, 2.45) is 5.92 Å². The fourth-order valence-electron chi connectivity index (χ4n) is 13.5. The standard InChI is InChI=1S/C37H40F3N5O5.C32H31F3N4O3/c1-18(2)29-30(19(3)13-14-41-29)45-31-21(15-23(39)27(28(31)40)26-22(38)11-10-12-25(26)49-9)32-33(35(45)47)42(8)34(46)24-17-43(20(4)16-44(24)32)36(48)50-37(5,6)7;1-15(2)26-27(17(4)11-12-36-26)39-28-18(13-20(34)24(25(28)35)23-19(33)7-6-8-22(23)40)29-30(32(39)42)37(5)31(41)21-10-9-16(3)14-38(21)29/h10-15,18,20,24H,16-17H2,1-9H3;6-8,11-13,15-16,21,40H,9-10,14H2,1-5H3/t20-,24-;16-,21+/m10/s1. The summed E-state index contributed by atoms with van der Waals surface area (Å²) >= 11 is 0. The van der Waals surface area contributed by atoms with Crippen LogP contribution in [0.3, 0.4) is 0 Å². The van der Waals surface area contributed by atoms with Crippen LogP contribution in [0.15, 0.2) is 82.6 Å². The van der Waals surface area contributed by atoms with Gasteiger partial charge in [-0.2, -0.15) is 0 Å². The van der Waals surface area contributed by atoms with E-state index in [1.807, 2.05) is 34.6 Å². The van der Waals surface area contributed by atoms with E-state index < -0.39 is 110 Å². The number of piperidine rings is 1. The van der Waals surface area contributed by atoms with Crippen LogP contribution in [0.4, 0.5) is 53.9 Å². The number of amides is 3. The molecule has 4 aliphatic rings. The lowest BCUT2D eigenvalue weighted by Gasteiger charge is -2.50. The van der Waals surface area contributed by atoms with Gasteiger partial charge in [0.15, 0.2) is 11.6 Å². The van der Waals surface area contributed by atoms with Crippen molar-refractivity contribution in [1.29, 1.82) is 0 Å². The summed E-state index contributed by atoms with van der Waals surface area (Å²) in [5.41, 5.74) is -2.42. The molecule has 2 saturated heterocycles. The molecule has 23 heteroatoms. The van der Waals surface area contributed by atoms with E-state index >= 15 is 26.3 Å². The molecule has 0 radical (unpaired) electrons. The summed E-state index contributed by atoms with van der Waals surface area (Å²) in [6.07, 6.45) is 3.88. The lowest BCUT2D eigenvalue weighted by molar-refractivity contribution is -0.121. The lowest BCUT2D eigenvalue weighted by Crippen LogP contribution is -2.66. The number of fused-ring (bicyclic) bond motifs is 10. The predicted molar refractivity (Wildman–Crippen MR) is 341 cm³/mol. The summed E-state index contributed by atoms with van der Waals surface area (Å²) in [5, 5.41) is 10.5. The fraction of sp³-hybridized carbons (Fsp3) is 0.377. The Morgan fingerprint density at radius 1 is 0.598 bits per heavy atom.